The Morgan fingerprint density at radius 1 is 0.786 bits per heavy atom. The molecule has 0 unspecified atom stereocenters. The molecule has 1 heterocycles. The highest BCUT2D eigenvalue weighted by molar-refractivity contribution is 6.13. The third-order valence-corrected chi connectivity index (χ3v) is 5.31. The number of hydrogen-bond donors (Lipinski definition) is 1. The van der Waals surface area contributed by atoms with Crippen LogP contribution in [0.5, 0.6) is 0 Å². The van der Waals surface area contributed by atoms with Gasteiger partial charge in [-0.05, 0) is 32.3 Å². The molecule has 0 aliphatic rings. The second-order valence-electron chi connectivity index (χ2n) is 6.92. The Morgan fingerprint density at radius 3 is 2.14 bits per heavy atom. The summed E-state index contributed by atoms with van der Waals surface area (Å²) in [6.07, 6.45) is 0. The molecule has 0 saturated heterocycles. The van der Waals surface area contributed by atoms with Crippen LogP contribution < -0.4 is 4.73 Å². The number of hydrogen-bond acceptors (Lipinski definition) is 2. The summed E-state index contributed by atoms with van der Waals surface area (Å²) in [5.74, 6) is 0.221. The van der Waals surface area contributed by atoms with Crippen LogP contribution in [0, 0.1) is 12.1 Å². The minimum atomic E-state index is 0.221. The van der Waals surface area contributed by atoms with Crippen LogP contribution in [-0.2, 0) is 0 Å². The number of nitrogens with zero attached hydrogens (tertiary/aromatic N) is 2. The monoisotopic (exact) mass is 366 g/mol. The Bertz CT molecular complexity index is 1340. The first-order valence-corrected chi connectivity index (χ1v) is 9.17. The molecular weight excluding hydrogens is 348 g/mol. The van der Waals surface area contributed by atoms with Gasteiger partial charge in [-0.25, -0.2) is 4.73 Å². The van der Waals surface area contributed by atoms with Crippen LogP contribution in [0.4, 0.5) is 0 Å². The van der Waals surface area contributed by atoms with Gasteiger partial charge >= 0.3 is 5.82 Å². The average Bonchev–Trinajstić information content (AvgIpc) is 2.96. The highest BCUT2D eigenvalue weighted by Gasteiger charge is 2.29. The molecule has 0 fully saturated rings. The van der Waals surface area contributed by atoms with Crippen molar-refractivity contribution in [1.82, 2.24) is 4.73 Å². The fraction of sp³-hybridized carbons (Fsp3) is 0.0417. The SMILES string of the molecule is Cc1c(-c2ccccc2)n(O)c(-c2cc3ccccc3c3ccccc23)[n+]1[O-]. The minimum absolute atomic E-state index is 0.221. The van der Waals surface area contributed by atoms with Crippen LogP contribution in [0.2, 0.25) is 0 Å². The van der Waals surface area contributed by atoms with Gasteiger partial charge in [0.2, 0.25) is 5.69 Å². The van der Waals surface area contributed by atoms with Crippen molar-refractivity contribution in [3.63, 3.8) is 0 Å². The van der Waals surface area contributed by atoms with Crippen molar-refractivity contribution < 1.29 is 9.94 Å². The van der Waals surface area contributed by atoms with E-state index in [1.54, 1.807) is 6.92 Å². The molecule has 5 rings (SSSR count). The second kappa shape index (κ2) is 6.13. The molecular formula is C24H18N2O2. The van der Waals surface area contributed by atoms with Gasteiger partial charge < -0.3 is 10.4 Å². The predicted octanol–water partition coefficient (Wildman–Crippen LogP) is 5.31. The lowest BCUT2D eigenvalue weighted by Gasteiger charge is -2.10. The van der Waals surface area contributed by atoms with Gasteiger partial charge in [0.05, 0.1) is 5.56 Å². The van der Waals surface area contributed by atoms with Crippen molar-refractivity contribution in [2.45, 2.75) is 6.92 Å². The quantitative estimate of drug-likeness (QED) is 0.199. The van der Waals surface area contributed by atoms with Gasteiger partial charge in [-0.3, -0.25) is 0 Å². The smallest absolute Gasteiger partial charge is 0.332 e. The van der Waals surface area contributed by atoms with Gasteiger partial charge in [0.25, 0.3) is 0 Å². The van der Waals surface area contributed by atoms with Crippen molar-refractivity contribution >= 4 is 21.5 Å². The van der Waals surface area contributed by atoms with E-state index in [2.05, 4.69) is 6.07 Å². The first kappa shape index (κ1) is 16.4. The topological polar surface area (TPSA) is 52.1 Å². The van der Waals surface area contributed by atoms with Gasteiger partial charge in [0.1, 0.15) is 0 Å². The zero-order valence-corrected chi connectivity index (χ0v) is 15.3. The minimum Gasteiger partial charge on any atom is -0.710 e. The van der Waals surface area contributed by atoms with Crippen LogP contribution >= 0.6 is 0 Å². The van der Waals surface area contributed by atoms with Crippen molar-refractivity contribution in [3.05, 3.63) is 95.8 Å². The van der Waals surface area contributed by atoms with Crippen LogP contribution in [0.15, 0.2) is 84.9 Å². The summed E-state index contributed by atoms with van der Waals surface area (Å²) in [5, 5.41) is 28.3. The lowest BCUT2D eigenvalue weighted by atomic mass is 9.97. The van der Waals surface area contributed by atoms with Gasteiger partial charge in [-0.1, -0.05) is 78.9 Å². The largest absolute Gasteiger partial charge is 0.710 e. The first-order chi connectivity index (χ1) is 13.7. The number of imidazole rings is 1. The van der Waals surface area contributed by atoms with Crippen molar-refractivity contribution in [2.24, 2.45) is 0 Å². The first-order valence-electron chi connectivity index (χ1n) is 9.17. The van der Waals surface area contributed by atoms with Gasteiger partial charge in [-0.2, -0.15) is 0 Å². The molecule has 0 atom stereocenters. The molecule has 4 nitrogen and oxygen atoms in total. The van der Waals surface area contributed by atoms with E-state index in [0.717, 1.165) is 36.6 Å². The lowest BCUT2D eigenvalue weighted by molar-refractivity contribution is -0.600. The molecule has 4 aromatic carbocycles. The van der Waals surface area contributed by atoms with E-state index in [1.165, 1.54) is 0 Å². The molecule has 0 amide bonds. The Labute approximate surface area is 162 Å². The molecule has 5 aromatic rings. The summed E-state index contributed by atoms with van der Waals surface area (Å²) in [5.41, 5.74) is 2.46. The molecule has 0 spiro atoms. The maximum absolute atomic E-state index is 13.1. The van der Waals surface area contributed by atoms with E-state index in [-0.39, 0.29) is 5.82 Å². The predicted molar refractivity (Wildman–Crippen MR) is 111 cm³/mol. The van der Waals surface area contributed by atoms with E-state index < -0.39 is 0 Å². The Hall–Kier alpha value is -3.79. The highest BCUT2D eigenvalue weighted by Crippen LogP contribution is 2.35. The molecule has 1 aromatic heterocycles. The van der Waals surface area contributed by atoms with Crippen LogP contribution in [0.3, 0.4) is 0 Å². The molecule has 4 heteroatoms. The van der Waals surface area contributed by atoms with E-state index >= 15 is 0 Å². The summed E-state index contributed by atoms with van der Waals surface area (Å²) < 4.78 is 1.84. The van der Waals surface area contributed by atoms with E-state index in [9.17, 15) is 10.4 Å². The van der Waals surface area contributed by atoms with E-state index in [4.69, 9.17) is 0 Å². The van der Waals surface area contributed by atoms with Crippen molar-refractivity contribution in [2.75, 3.05) is 0 Å². The maximum Gasteiger partial charge on any atom is 0.332 e. The maximum atomic E-state index is 13.1. The molecule has 28 heavy (non-hydrogen) atoms. The molecule has 0 aliphatic heterocycles. The summed E-state index contributed by atoms with van der Waals surface area (Å²) in [6.45, 7) is 1.73. The number of rotatable bonds is 2. The molecule has 1 N–H and O–H groups in total. The summed E-state index contributed by atoms with van der Waals surface area (Å²) in [6, 6.07) is 27.5. The fourth-order valence-corrected chi connectivity index (χ4v) is 3.99. The van der Waals surface area contributed by atoms with Gasteiger partial charge in [0, 0.05) is 12.5 Å². The van der Waals surface area contributed by atoms with Crippen LogP contribution in [0.25, 0.3) is 44.2 Å². The number of benzene rings is 4. The molecule has 0 bridgehead atoms. The number of fused-ring (bicyclic) bond motifs is 3. The Balaban J connectivity index is 1.89. The highest BCUT2D eigenvalue weighted by atomic mass is 16.5. The Morgan fingerprint density at radius 2 is 1.39 bits per heavy atom. The molecule has 136 valence electrons. The normalized spacial score (nSPS) is 11.3. The average molecular weight is 366 g/mol. The summed E-state index contributed by atoms with van der Waals surface area (Å²) in [7, 11) is 0. The zero-order valence-electron chi connectivity index (χ0n) is 15.3. The van der Waals surface area contributed by atoms with E-state index in [0.29, 0.717) is 17.0 Å². The molecule has 0 radical (unpaired) electrons. The van der Waals surface area contributed by atoms with Crippen molar-refractivity contribution in [1.29, 1.82) is 0 Å². The standard InChI is InChI=1S/C24H18N2O2/c1-16-23(17-9-3-2-4-10-17)26(28)24(25(16)27)22-15-18-11-5-6-12-19(18)20-13-7-8-14-21(20)22/h2-15,28H,1H3. The third kappa shape index (κ3) is 2.28. The van der Waals surface area contributed by atoms with Gasteiger partial charge in [-0.15, -0.1) is 0 Å². The zero-order chi connectivity index (χ0) is 19.3. The van der Waals surface area contributed by atoms with Crippen molar-refractivity contribution in [3.8, 4) is 22.6 Å². The third-order valence-electron chi connectivity index (χ3n) is 5.31. The second-order valence-corrected chi connectivity index (χ2v) is 6.92. The Kier molecular flexibility index (Phi) is 3.59. The van der Waals surface area contributed by atoms with Gasteiger partial charge in [0.15, 0.2) is 5.69 Å². The van der Waals surface area contributed by atoms with E-state index in [1.807, 2.05) is 78.9 Å². The molecule has 0 saturated carbocycles. The summed E-state index contributed by atoms with van der Waals surface area (Å²) >= 11 is 0. The molecule has 0 aliphatic carbocycles. The van der Waals surface area contributed by atoms with Crippen LogP contribution in [-0.4, -0.2) is 9.94 Å². The van der Waals surface area contributed by atoms with Crippen LogP contribution in [0.1, 0.15) is 5.69 Å². The lowest BCUT2D eigenvalue weighted by Crippen LogP contribution is -2.30. The summed E-state index contributed by atoms with van der Waals surface area (Å²) in [4.78, 5) is 0. The number of aromatic nitrogens is 2. The fourth-order valence-electron chi connectivity index (χ4n) is 3.99.